The molecule has 0 aliphatic carbocycles. The molecule has 0 aliphatic heterocycles. The van der Waals surface area contributed by atoms with Gasteiger partial charge in [0.1, 0.15) is 11.6 Å². The van der Waals surface area contributed by atoms with E-state index < -0.39 is 11.7 Å². The van der Waals surface area contributed by atoms with E-state index in [4.69, 9.17) is 4.74 Å². The van der Waals surface area contributed by atoms with Crippen molar-refractivity contribution in [1.29, 1.82) is 0 Å². The Hall–Kier alpha value is -2.96. The zero-order valence-corrected chi connectivity index (χ0v) is 11.7. The third-order valence-electron chi connectivity index (χ3n) is 2.47. The van der Waals surface area contributed by atoms with Gasteiger partial charge in [-0.05, 0) is 37.3 Å². The van der Waals surface area contributed by atoms with Crippen LogP contribution in [0.15, 0.2) is 42.2 Å². The number of rotatable bonds is 5. The minimum Gasteiger partial charge on any atom is -0.502 e. The number of carbonyl (C=O) groups is 1. The van der Waals surface area contributed by atoms with Crippen molar-refractivity contribution in [3.05, 3.63) is 53.7 Å². The highest BCUT2D eigenvalue weighted by Crippen LogP contribution is 2.19. The summed E-state index contributed by atoms with van der Waals surface area (Å²) in [7, 11) is 0. The average Bonchev–Trinajstić information content (AvgIpc) is 2.51. The van der Waals surface area contributed by atoms with Crippen molar-refractivity contribution in [3.8, 4) is 11.6 Å². The second kappa shape index (κ2) is 7.16. The van der Waals surface area contributed by atoms with Gasteiger partial charge in [-0.1, -0.05) is 0 Å². The zero-order valence-electron chi connectivity index (χ0n) is 11.7. The van der Waals surface area contributed by atoms with Gasteiger partial charge in [0, 0.05) is 12.1 Å². The summed E-state index contributed by atoms with van der Waals surface area (Å²) < 4.78 is 22.8. The molecule has 0 aliphatic rings. The standard InChI is InChI=1S/C15H13FN2O4/c1-2-21-15(20)13(19)9-11-5-8-14(18-17-11)22-12-6-3-10(16)4-7-12/h3-9,19H,2H2,1H3. The number of aliphatic hydroxyl groups excluding tert-OH is 1. The van der Waals surface area contributed by atoms with Gasteiger partial charge < -0.3 is 14.6 Å². The summed E-state index contributed by atoms with van der Waals surface area (Å²) in [4.78, 5) is 11.2. The van der Waals surface area contributed by atoms with Crippen molar-refractivity contribution in [1.82, 2.24) is 10.2 Å². The van der Waals surface area contributed by atoms with Crippen LogP contribution in [0.3, 0.4) is 0 Å². The number of esters is 1. The van der Waals surface area contributed by atoms with Crippen LogP contribution in [0.1, 0.15) is 12.6 Å². The zero-order chi connectivity index (χ0) is 15.9. The van der Waals surface area contributed by atoms with Gasteiger partial charge in [0.25, 0.3) is 0 Å². The Kier molecular flexibility index (Phi) is 5.02. The molecule has 1 aromatic heterocycles. The smallest absolute Gasteiger partial charge is 0.373 e. The Bertz CT molecular complexity index is 669. The normalized spacial score (nSPS) is 11.1. The van der Waals surface area contributed by atoms with Crippen LogP contribution in [-0.4, -0.2) is 27.9 Å². The van der Waals surface area contributed by atoms with E-state index in [1.165, 1.54) is 36.4 Å². The number of hydrogen-bond acceptors (Lipinski definition) is 6. The van der Waals surface area contributed by atoms with Crippen LogP contribution in [0, 0.1) is 5.82 Å². The molecular weight excluding hydrogens is 291 g/mol. The number of nitrogens with zero attached hydrogens (tertiary/aromatic N) is 2. The van der Waals surface area contributed by atoms with Gasteiger partial charge in [0.2, 0.25) is 11.6 Å². The molecule has 0 bridgehead atoms. The molecule has 1 N–H and O–H groups in total. The van der Waals surface area contributed by atoms with Crippen molar-refractivity contribution < 1.29 is 23.8 Å². The molecule has 0 amide bonds. The van der Waals surface area contributed by atoms with Crippen LogP contribution in [0.25, 0.3) is 6.08 Å². The number of ether oxygens (including phenoxy) is 2. The van der Waals surface area contributed by atoms with Crippen LogP contribution in [0.2, 0.25) is 0 Å². The van der Waals surface area contributed by atoms with Crippen LogP contribution < -0.4 is 4.74 Å². The third kappa shape index (κ3) is 4.27. The summed E-state index contributed by atoms with van der Waals surface area (Å²) in [5.41, 5.74) is 0.261. The lowest BCUT2D eigenvalue weighted by Crippen LogP contribution is -2.07. The maximum atomic E-state index is 12.8. The third-order valence-corrected chi connectivity index (χ3v) is 2.47. The lowest BCUT2D eigenvalue weighted by molar-refractivity contribution is -0.141. The molecule has 0 fully saturated rings. The summed E-state index contributed by atoms with van der Waals surface area (Å²) in [6.07, 6.45) is 1.13. The lowest BCUT2D eigenvalue weighted by Gasteiger charge is -2.04. The summed E-state index contributed by atoms with van der Waals surface area (Å²) in [6, 6.07) is 8.44. The van der Waals surface area contributed by atoms with E-state index in [2.05, 4.69) is 14.9 Å². The van der Waals surface area contributed by atoms with Gasteiger partial charge in [0.15, 0.2) is 0 Å². The number of benzene rings is 1. The number of aromatic nitrogens is 2. The lowest BCUT2D eigenvalue weighted by atomic mass is 10.3. The van der Waals surface area contributed by atoms with Crippen molar-refractivity contribution in [3.63, 3.8) is 0 Å². The second-order valence-corrected chi connectivity index (χ2v) is 4.10. The predicted octanol–water partition coefficient (Wildman–Crippen LogP) is 2.87. The van der Waals surface area contributed by atoms with E-state index in [0.717, 1.165) is 6.08 Å². The number of halogens is 1. The molecule has 22 heavy (non-hydrogen) atoms. The van der Waals surface area contributed by atoms with Crippen LogP contribution in [0.5, 0.6) is 11.6 Å². The molecule has 7 heteroatoms. The molecule has 0 radical (unpaired) electrons. The van der Waals surface area contributed by atoms with Gasteiger partial charge >= 0.3 is 5.97 Å². The fraction of sp³-hybridized carbons (Fsp3) is 0.133. The second-order valence-electron chi connectivity index (χ2n) is 4.10. The van der Waals surface area contributed by atoms with Crippen molar-refractivity contribution in [2.24, 2.45) is 0 Å². The SMILES string of the molecule is CCOC(=O)C(O)=Cc1ccc(Oc2ccc(F)cc2)nn1. The van der Waals surface area contributed by atoms with Crippen molar-refractivity contribution in [2.75, 3.05) is 6.61 Å². The molecule has 2 rings (SSSR count). The number of aliphatic hydroxyl groups is 1. The average molecular weight is 304 g/mol. The Balaban J connectivity index is 2.05. The quantitative estimate of drug-likeness (QED) is 0.519. The molecule has 114 valence electrons. The molecule has 0 saturated heterocycles. The molecule has 1 heterocycles. The fourth-order valence-corrected chi connectivity index (χ4v) is 1.49. The first kappa shape index (κ1) is 15.4. The number of carbonyl (C=O) groups excluding carboxylic acids is 1. The Morgan fingerprint density at radius 3 is 2.55 bits per heavy atom. The molecule has 0 unspecified atom stereocenters. The molecule has 0 atom stereocenters. The minimum atomic E-state index is -0.837. The summed E-state index contributed by atoms with van der Waals surface area (Å²) in [5, 5.41) is 17.0. The van der Waals surface area contributed by atoms with Gasteiger partial charge in [0.05, 0.1) is 12.3 Å². The van der Waals surface area contributed by atoms with E-state index in [9.17, 15) is 14.3 Å². The first-order valence-corrected chi connectivity index (χ1v) is 6.43. The van der Waals surface area contributed by atoms with Gasteiger partial charge in [-0.25, -0.2) is 9.18 Å². The van der Waals surface area contributed by atoms with E-state index in [1.807, 2.05) is 0 Å². The van der Waals surface area contributed by atoms with E-state index >= 15 is 0 Å². The minimum absolute atomic E-state index is 0.160. The first-order chi connectivity index (χ1) is 10.6. The Labute approximate surface area is 125 Å². The highest BCUT2D eigenvalue weighted by Gasteiger charge is 2.09. The van der Waals surface area contributed by atoms with Crippen molar-refractivity contribution in [2.45, 2.75) is 6.92 Å². The monoisotopic (exact) mass is 304 g/mol. The largest absolute Gasteiger partial charge is 0.502 e. The van der Waals surface area contributed by atoms with Gasteiger partial charge in [-0.2, -0.15) is 0 Å². The summed E-state index contributed by atoms with van der Waals surface area (Å²) in [5.74, 6) is -1.17. The molecule has 1 aromatic carbocycles. The Morgan fingerprint density at radius 1 is 1.23 bits per heavy atom. The van der Waals surface area contributed by atoms with Crippen LogP contribution >= 0.6 is 0 Å². The molecule has 0 spiro atoms. The van der Waals surface area contributed by atoms with E-state index in [-0.39, 0.29) is 24.0 Å². The van der Waals surface area contributed by atoms with Gasteiger partial charge in [-0.3, -0.25) is 0 Å². The topological polar surface area (TPSA) is 81.5 Å². The Morgan fingerprint density at radius 2 is 1.95 bits per heavy atom. The first-order valence-electron chi connectivity index (χ1n) is 6.43. The predicted molar refractivity (Wildman–Crippen MR) is 75.7 cm³/mol. The van der Waals surface area contributed by atoms with E-state index in [0.29, 0.717) is 5.75 Å². The highest BCUT2D eigenvalue weighted by molar-refractivity contribution is 5.90. The number of hydrogen-bond donors (Lipinski definition) is 1. The summed E-state index contributed by atoms with van der Waals surface area (Å²) >= 11 is 0. The van der Waals surface area contributed by atoms with Gasteiger partial charge in [-0.15, -0.1) is 10.2 Å². The molecule has 0 saturated carbocycles. The molecule has 2 aromatic rings. The van der Waals surface area contributed by atoms with E-state index in [1.54, 1.807) is 6.92 Å². The van der Waals surface area contributed by atoms with Crippen molar-refractivity contribution >= 4 is 12.0 Å². The maximum Gasteiger partial charge on any atom is 0.373 e. The maximum absolute atomic E-state index is 12.8. The summed E-state index contributed by atoms with van der Waals surface area (Å²) in [6.45, 7) is 1.79. The molecule has 6 nitrogen and oxygen atoms in total. The molecular formula is C15H13FN2O4. The van der Waals surface area contributed by atoms with Crippen LogP contribution in [0.4, 0.5) is 4.39 Å². The van der Waals surface area contributed by atoms with Crippen LogP contribution in [-0.2, 0) is 9.53 Å². The highest BCUT2D eigenvalue weighted by atomic mass is 19.1. The fourth-order valence-electron chi connectivity index (χ4n) is 1.49.